The Bertz CT molecular complexity index is 446. The minimum atomic E-state index is -3.65. The summed E-state index contributed by atoms with van der Waals surface area (Å²) in [7, 11) is 0. The molecule has 2 rings (SSSR count). The first-order chi connectivity index (χ1) is 8.75. The fraction of sp³-hybridized carbons (Fsp3) is 0.615. The highest BCUT2D eigenvalue weighted by Gasteiger charge is 2.70. The molecule has 0 aromatic rings. The molecular formula is C13H15F4NO. The molecule has 2 atom stereocenters. The molecule has 2 nitrogen and oxygen atoms in total. The second-order valence-corrected chi connectivity index (χ2v) is 5.27. The SMILES string of the molecule is CC1([C@@]2(C(F)F)NC(=O)CCC2(F)F)C=CC=CC1. The molecule has 1 amide bonds. The second-order valence-electron chi connectivity index (χ2n) is 5.27. The van der Waals surface area contributed by atoms with Crippen LogP contribution >= 0.6 is 0 Å². The van der Waals surface area contributed by atoms with Gasteiger partial charge in [0.15, 0.2) is 5.54 Å². The number of alkyl halides is 4. The molecule has 1 saturated heterocycles. The third-order valence-corrected chi connectivity index (χ3v) is 4.06. The summed E-state index contributed by atoms with van der Waals surface area (Å²) in [5.41, 5.74) is -4.37. The molecule has 0 bridgehead atoms. The van der Waals surface area contributed by atoms with Crippen LogP contribution in [0.1, 0.15) is 26.2 Å². The van der Waals surface area contributed by atoms with Crippen molar-refractivity contribution in [1.29, 1.82) is 0 Å². The van der Waals surface area contributed by atoms with Crippen LogP contribution in [0.3, 0.4) is 0 Å². The lowest BCUT2D eigenvalue weighted by Gasteiger charge is -2.53. The maximum atomic E-state index is 14.2. The van der Waals surface area contributed by atoms with Gasteiger partial charge in [0.1, 0.15) is 0 Å². The van der Waals surface area contributed by atoms with E-state index in [1.165, 1.54) is 19.1 Å². The van der Waals surface area contributed by atoms with Gasteiger partial charge in [-0.15, -0.1) is 0 Å². The zero-order chi connectivity index (χ0) is 14.3. The van der Waals surface area contributed by atoms with Crippen LogP contribution in [-0.4, -0.2) is 23.8 Å². The lowest BCUT2D eigenvalue weighted by molar-refractivity contribution is -0.207. The van der Waals surface area contributed by atoms with Crippen LogP contribution in [-0.2, 0) is 4.79 Å². The quantitative estimate of drug-likeness (QED) is 0.772. The van der Waals surface area contributed by atoms with Crippen molar-refractivity contribution in [2.45, 2.75) is 44.1 Å². The standard InChI is InChI=1S/C13H15F4NO/c1-11(6-3-2-4-7-11)13(10(14)15)12(16,17)8-5-9(19)18-13/h2-4,6,10H,5,7-8H2,1H3,(H,18,19)/t11?,13-/m1/s1. The lowest BCUT2D eigenvalue weighted by atomic mass is 9.62. The molecule has 6 heteroatoms. The Morgan fingerprint density at radius 2 is 2.00 bits per heavy atom. The van der Waals surface area contributed by atoms with Crippen molar-refractivity contribution < 1.29 is 22.4 Å². The minimum absolute atomic E-state index is 0.0315. The third kappa shape index (κ3) is 1.88. The molecule has 1 aliphatic carbocycles. The van der Waals surface area contributed by atoms with Crippen LogP contribution in [0.15, 0.2) is 24.3 Å². The fourth-order valence-corrected chi connectivity index (χ4v) is 2.89. The number of hydrogen-bond donors (Lipinski definition) is 1. The maximum Gasteiger partial charge on any atom is 0.277 e. The minimum Gasteiger partial charge on any atom is -0.339 e. The van der Waals surface area contributed by atoms with Crippen molar-refractivity contribution >= 4 is 5.91 Å². The summed E-state index contributed by atoms with van der Waals surface area (Å²) in [6, 6.07) is 0. The maximum absolute atomic E-state index is 14.2. The van der Waals surface area contributed by atoms with Crippen LogP contribution in [0.2, 0.25) is 0 Å². The number of amides is 1. The molecule has 1 N–H and O–H groups in total. The molecule has 106 valence electrons. The molecule has 0 radical (unpaired) electrons. The first kappa shape index (κ1) is 14.1. The average Bonchev–Trinajstić information content (AvgIpc) is 2.32. The molecule has 1 aliphatic heterocycles. The Morgan fingerprint density at radius 3 is 2.53 bits per heavy atom. The van der Waals surface area contributed by atoms with E-state index in [1.807, 2.05) is 5.32 Å². The smallest absolute Gasteiger partial charge is 0.277 e. The predicted octanol–water partition coefficient (Wildman–Crippen LogP) is 3.06. The Morgan fingerprint density at radius 1 is 1.32 bits per heavy atom. The highest BCUT2D eigenvalue weighted by molar-refractivity contribution is 5.78. The van der Waals surface area contributed by atoms with Crippen LogP contribution < -0.4 is 5.32 Å². The average molecular weight is 277 g/mol. The highest BCUT2D eigenvalue weighted by atomic mass is 19.3. The molecule has 1 fully saturated rings. The van der Waals surface area contributed by atoms with Crippen LogP contribution in [0.4, 0.5) is 17.6 Å². The summed E-state index contributed by atoms with van der Waals surface area (Å²) in [4.78, 5) is 11.4. The summed E-state index contributed by atoms with van der Waals surface area (Å²) in [5, 5.41) is 1.91. The zero-order valence-corrected chi connectivity index (χ0v) is 10.4. The molecular weight excluding hydrogens is 262 g/mol. The highest BCUT2D eigenvalue weighted by Crippen LogP contribution is 2.53. The van der Waals surface area contributed by atoms with Gasteiger partial charge in [-0.3, -0.25) is 4.79 Å². The number of nitrogens with one attached hydrogen (secondary N) is 1. The van der Waals surface area contributed by atoms with Crippen molar-refractivity contribution in [3.05, 3.63) is 24.3 Å². The molecule has 0 aromatic heterocycles. The van der Waals surface area contributed by atoms with Crippen molar-refractivity contribution in [2.75, 3.05) is 0 Å². The van der Waals surface area contributed by atoms with Crippen molar-refractivity contribution in [3.8, 4) is 0 Å². The lowest BCUT2D eigenvalue weighted by Crippen LogP contribution is -2.74. The number of rotatable bonds is 2. The molecule has 2 aliphatic rings. The van der Waals surface area contributed by atoms with Crippen molar-refractivity contribution in [2.24, 2.45) is 5.41 Å². The Kier molecular flexibility index (Phi) is 3.23. The summed E-state index contributed by atoms with van der Waals surface area (Å²) in [5.74, 6) is -4.41. The van der Waals surface area contributed by atoms with Gasteiger partial charge >= 0.3 is 0 Å². The largest absolute Gasteiger partial charge is 0.339 e. The van der Waals surface area contributed by atoms with E-state index in [0.29, 0.717) is 0 Å². The van der Waals surface area contributed by atoms with Gasteiger partial charge in [-0.2, -0.15) is 0 Å². The van der Waals surface area contributed by atoms with Gasteiger partial charge in [0.05, 0.1) is 0 Å². The number of carbonyl (C=O) groups excluding carboxylic acids is 1. The van der Waals surface area contributed by atoms with Gasteiger partial charge < -0.3 is 5.32 Å². The van der Waals surface area contributed by atoms with E-state index in [9.17, 15) is 22.4 Å². The van der Waals surface area contributed by atoms with Gasteiger partial charge in [0.25, 0.3) is 12.3 Å². The van der Waals surface area contributed by atoms with Crippen molar-refractivity contribution in [1.82, 2.24) is 5.32 Å². The number of hydrogen-bond acceptors (Lipinski definition) is 1. The zero-order valence-electron chi connectivity index (χ0n) is 10.4. The topological polar surface area (TPSA) is 29.1 Å². The van der Waals surface area contributed by atoms with E-state index in [2.05, 4.69) is 0 Å². The Balaban J connectivity index is 2.55. The van der Waals surface area contributed by atoms with Gasteiger partial charge in [-0.1, -0.05) is 31.2 Å². The van der Waals surface area contributed by atoms with E-state index in [0.717, 1.165) is 0 Å². The number of allylic oxidation sites excluding steroid dienone is 3. The predicted molar refractivity (Wildman–Crippen MR) is 62.1 cm³/mol. The van der Waals surface area contributed by atoms with Gasteiger partial charge in [0, 0.05) is 18.3 Å². The molecule has 19 heavy (non-hydrogen) atoms. The van der Waals surface area contributed by atoms with Gasteiger partial charge in [-0.05, 0) is 6.42 Å². The fourth-order valence-electron chi connectivity index (χ4n) is 2.89. The van der Waals surface area contributed by atoms with Crippen LogP contribution in [0.25, 0.3) is 0 Å². The number of carbonyl (C=O) groups is 1. The van der Waals surface area contributed by atoms with E-state index < -0.39 is 42.1 Å². The first-order valence-corrected chi connectivity index (χ1v) is 6.06. The van der Waals surface area contributed by atoms with E-state index in [-0.39, 0.29) is 6.42 Å². The van der Waals surface area contributed by atoms with Gasteiger partial charge in [0.2, 0.25) is 5.91 Å². The van der Waals surface area contributed by atoms with E-state index >= 15 is 0 Å². The monoisotopic (exact) mass is 277 g/mol. The van der Waals surface area contributed by atoms with Crippen LogP contribution in [0, 0.1) is 5.41 Å². The third-order valence-electron chi connectivity index (χ3n) is 4.06. The van der Waals surface area contributed by atoms with Gasteiger partial charge in [-0.25, -0.2) is 17.6 Å². The molecule has 0 saturated carbocycles. The van der Waals surface area contributed by atoms with Crippen LogP contribution in [0.5, 0.6) is 0 Å². The molecule has 1 heterocycles. The van der Waals surface area contributed by atoms with E-state index in [1.54, 1.807) is 12.2 Å². The summed E-state index contributed by atoms with van der Waals surface area (Å²) < 4.78 is 55.5. The Labute approximate surface area is 108 Å². The number of halogens is 4. The Hall–Kier alpha value is -1.33. The molecule has 0 aromatic carbocycles. The molecule has 1 unspecified atom stereocenters. The summed E-state index contributed by atoms with van der Waals surface area (Å²) >= 11 is 0. The second kappa shape index (κ2) is 4.35. The number of piperidine rings is 1. The van der Waals surface area contributed by atoms with E-state index in [4.69, 9.17) is 0 Å². The molecule has 0 spiro atoms. The normalized spacial score (nSPS) is 37.5. The summed E-state index contributed by atoms with van der Waals surface area (Å²) in [6.45, 7) is 1.33. The van der Waals surface area contributed by atoms with Crippen molar-refractivity contribution in [3.63, 3.8) is 0 Å². The summed E-state index contributed by atoms with van der Waals surface area (Å²) in [6.07, 6.45) is 1.36. The first-order valence-electron chi connectivity index (χ1n) is 6.06.